The Kier molecular flexibility index (Phi) is 5.48. The van der Waals surface area contributed by atoms with Crippen LogP contribution in [0.25, 0.3) is 0 Å². The van der Waals surface area contributed by atoms with Crippen molar-refractivity contribution >= 4 is 12.4 Å². The van der Waals surface area contributed by atoms with Crippen LogP contribution in [0.5, 0.6) is 0 Å². The van der Waals surface area contributed by atoms with Gasteiger partial charge >= 0.3 is 6.09 Å². The normalized spacial score (nSPS) is 15.1. The van der Waals surface area contributed by atoms with Gasteiger partial charge in [0.2, 0.25) is 0 Å². The highest BCUT2D eigenvalue weighted by Crippen LogP contribution is 2.15. The summed E-state index contributed by atoms with van der Waals surface area (Å²) >= 11 is 0. The number of likely N-dealkylation sites (N-methyl/N-ethyl adjacent to an activating group) is 1. The Morgan fingerprint density at radius 2 is 1.94 bits per heavy atom. The summed E-state index contributed by atoms with van der Waals surface area (Å²) in [6.45, 7) is 9.34. The summed E-state index contributed by atoms with van der Waals surface area (Å²) in [5, 5.41) is 0. The van der Waals surface area contributed by atoms with Gasteiger partial charge < -0.3 is 14.4 Å². The van der Waals surface area contributed by atoms with E-state index in [1.807, 2.05) is 13.8 Å². The van der Waals surface area contributed by atoms with E-state index >= 15 is 0 Å². The molecule has 0 spiro atoms. The number of hydrogen-bond donors (Lipinski definition) is 0. The van der Waals surface area contributed by atoms with Crippen LogP contribution in [0.15, 0.2) is 0 Å². The van der Waals surface area contributed by atoms with Gasteiger partial charge in [0.05, 0.1) is 6.04 Å². The van der Waals surface area contributed by atoms with Gasteiger partial charge in [0, 0.05) is 7.05 Å². The van der Waals surface area contributed by atoms with Gasteiger partial charge in [-0.2, -0.15) is 0 Å². The van der Waals surface area contributed by atoms with Gasteiger partial charge in [0.25, 0.3) is 0 Å². The Balaban J connectivity index is 4.57. The van der Waals surface area contributed by atoms with Crippen molar-refractivity contribution in [3.8, 4) is 0 Å². The molecule has 0 bridgehead atoms. The highest BCUT2D eigenvalue weighted by molar-refractivity contribution is 5.73. The van der Waals surface area contributed by atoms with Crippen molar-refractivity contribution in [1.29, 1.82) is 0 Å². The molecule has 0 aliphatic carbocycles. The molecule has 94 valence electrons. The minimum Gasteiger partial charge on any atom is -0.444 e. The fourth-order valence-electron chi connectivity index (χ4n) is 1.30. The van der Waals surface area contributed by atoms with Crippen LogP contribution in [0.4, 0.5) is 4.79 Å². The van der Waals surface area contributed by atoms with E-state index in [1.54, 1.807) is 27.8 Å². The second-order valence-electron chi connectivity index (χ2n) is 5.10. The first-order valence-corrected chi connectivity index (χ1v) is 5.64. The number of nitrogens with zero attached hydrogens (tertiary/aromatic N) is 1. The molecule has 1 amide bonds. The first kappa shape index (κ1) is 14.9. The first-order chi connectivity index (χ1) is 7.22. The van der Waals surface area contributed by atoms with Gasteiger partial charge in [0.15, 0.2) is 0 Å². The van der Waals surface area contributed by atoms with Crippen molar-refractivity contribution in [3.63, 3.8) is 0 Å². The van der Waals surface area contributed by atoms with Gasteiger partial charge in [-0.25, -0.2) is 4.79 Å². The lowest BCUT2D eigenvalue weighted by molar-refractivity contribution is -0.113. The zero-order chi connectivity index (χ0) is 12.9. The second kappa shape index (κ2) is 5.87. The monoisotopic (exact) mass is 229 g/mol. The van der Waals surface area contributed by atoms with Crippen LogP contribution in [-0.2, 0) is 9.53 Å². The summed E-state index contributed by atoms with van der Waals surface area (Å²) in [6.07, 6.45) is 1.19. The molecule has 4 nitrogen and oxygen atoms in total. The Hall–Kier alpha value is -1.06. The van der Waals surface area contributed by atoms with E-state index in [0.717, 1.165) is 12.7 Å². The maximum absolute atomic E-state index is 11.7. The van der Waals surface area contributed by atoms with E-state index < -0.39 is 17.7 Å². The number of ether oxygens (including phenoxy) is 1. The molecular formula is C12H23NO3. The summed E-state index contributed by atoms with van der Waals surface area (Å²) in [7, 11) is 1.60. The standard InChI is InChI=1S/C12H23NO3/c1-7-9(2)10(8-14)13(6)11(15)16-12(3,4)5/h8-10H,7H2,1-6H3. The molecule has 0 aliphatic rings. The molecule has 2 unspecified atom stereocenters. The molecular weight excluding hydrogens is 206 g/mol. The van der Waals surface area contributed by atoms with Crippen LogP contribution in [0.2, 0.25) is 0 Å². The number of hydrogen-bond acceptors (Lipinski definition) is 3. The molecule has 0 aromatic heterocycles. The highest BCUT2D eigenvalue weighted by atomic mass is 16.6. The molecule has 0 aliphatic heterocycles. The van der Waals surface area contributed by atoms with Gasteiger partial charge in [-0.3, -0.25) is 0 Å². The molecule has 0 rings (SSSR count). The molecule has 0 aromatic carbocycles. The van der Waals surface area contributed by atoms with Gasteiger partial charge in [-0.05, 0) is 26.7 Å². The maximum Gasteiger partial charge on any atom is 0.410 e. The number of aldehydes is 1. The van der Waals surface area contributed by atoms with Gasteiger partial charge in [-0.15, -0.1) is 0 Å². The first-order valence-electron chi connectivity index (χ1n) is 5.64. The average molecular weight is 229 g/mol. The smallest absolute Gasteiger partial charge is 0.410 e. The van der Waals surface area contributed by atoms with E-state index in [2.05, 4.69) is 0 Å². The van der Waals surface area contributed by atoms with Crippen molar-refractivity contribution in [2.45, 2.75) is 52.7 Å². The average Bonchev–Trinajstić information content (AvgIpc) is 2.15. The maximum atomic E-state index is 11.7. The number of carbonyl (C=O) groups excluding carboxylic acids is 2. The molecule has 0 heterocycles. The fourth-order valence-corrected chi connectivity index (χ4v) is 1.30. The lowest BCUT2D eigenvalue weighted by Gasteiger charge is -2.30. The molecule has 2 atom stereocenters. The van der Waals surface area contributed by atoms with Crippen molar-refractivity contribution in [2.24, 2.45) is 5.92 Å². The van der Waals surface area contributed by atoms with E-state index in [0.29, 0.717) is 0 Å². The zero-order valence-electron chi connectivity index (χ0n) is 11.1. The van der Waals surface area contributed by atoms with E-state index in [-0.39, 0.29) is 5.92 Å². The Labute approximate surface area is 98.0 Å². The third-order valence-corrected chi connectivity index (χ3v) is 2.50. The number of rotatable bonds is 4. The Morgan fingerprint density at radius 1 is 1.44 bits per heavy atom. The van der Waals surface area contributed by atoms with Crippen molar-refractivity contribution in [3.05, 3.63) is 0 Å². The molecule has 0 saturated carbocycles. The Morgan fingerprint density at radius 3 is 2.25 bits per heavy atom. The molecule has 0 aromatic rings. The number of amides is 1. The van der Waals surface area contributed by atoms with Crippen molar-refractivity contribution in [1.82, 2.24) is 4.90 Å². The van der Waals surface area contributed by atoms with Crippen LogP contribution in [-0.4, -0.2) is 36.0 Å². The summed E-state index contributed by atoms with van der Waals surface area (Å²) in [6, 6.07) is -0.417. The van der Waals surface area contributed by atoms with Gasteiger partial charge in [-0.1, -0.05) is 20.3 Å². The molecule has 16 heavy (non-hydrogen) atoms. The van der Waals surface area contributed by atoms with Crippen LogP contribution in [0.3, 0.4) is 0 Å². The Bertz CT molecular complexity index is 245. The summed E-state index contributed by atoms with van der Waals surface area (Å²) in [4.78, 5) is 24.1. The van der Waals surface area contributed by atoms with E-state index in [1.165, 1.54) is 4.90 Å². The minimum atomic E-state index is -0.534. The largest absolute Gasteiger partial charge is 0.444 e. The molecule has 0 saturated heterocycles. The zero-order valence-corrected chi connectivity index (χ0v) is 11.1. The summed E-state index contributed by atoms with van der Waals surface area (Å²) < 4.78 is 5.21. The lowest BCUT2D eigenvalue weighted by atomic mass is 10.00. The SMILES string of the molecule is CCC(C)C(C=O)N(C)C(=O)OC(C)(C)C. The summed E-state index contributed by atoms with van der Waals surface area (Å²) in [5.41, 5.74) is -0.534. The molecule has 4 heteroatoms. The quantitative estimate of drug-likeness (QED) is 0.696. The molecule has 0 radical (unpaired) electrons. The molecule has 0 fully saturated rings. The highest BCUT2D eigenvalue weighted by Gasteiger charge is 2.27. The third kappa shape index (κ3) is 4.64. The van der Waals surface area contributed by atoms with Crippen LogP contribution in [0, 0.1) is 5.92 Å². The molecule has 0 N–H and O–H groups in total. The number of carbonyl (C=O) groups is 2. The third-order valence-electron chi connectivity index (χ3n) is 2.50. The van der Waals surface area contributed by atoms with Crippen LogP contribution in [0.1, 0.15) is 41.0 Å². The lowest BCUT2D eigenvalue weighted by Crippen LogP contribution is -2.44. The predicted molar refractivity (Wildman–Crippen MR) is 63.3 cm³/mol. The predicted octanol–water partition coefficient (Wildman–Crippen LogP) is 2.47. The van der Waals surface area contributed by atoms with Crippen LogP contribution < -0.4 is 0 Å². The second-order valence-corrected chi connectivity index (χ2v) is 5.10. The van der Waals surface area contributed by atoms with Gasteiger partial charge in [0.1, 0.15) is 11.9 Å². The fraction of sp³-hybridized carbons (Fsp3) is 0.833. The summed E-state index contributed by atoms with van der Waals surface area (Å²) in [5.74, 6) is 0.134. The van der Waals surface area contributed by atoms with E-state index in [9.17, 15) is 9.59 Å². The van der Waals surface area contributed by atoms with E-state index in [4.69, 9.17) is 4.74 Å². The van der Waals surface area contributed by atoms with Crippen molar-refractivity contribution < 1.29 is 14.3 Å². The van der Waals surface area contributed by atoms with Crippen LogP contribution >= 0.6 is 0 Å². The van der Waals surface area contributed by atoms with Crippen molar-refractivity contribution in [2.75, 3.05) is 7.05 Å². The topological polar surface area (TPSA) is 46.6 Å². The minimum absolute atomic E-state index is 0.134.